The minimum absolute atomic E-state index is 0.250. The second-order valence-corrected chi connectivity index (χ2v) is 5.90. The zero-order valence-electron chi connectivity index (χ0n) is 14.5. The monoisotopic (exact) mass is 355 g/mol. The third-order valence-corrected chi connectivity index (χ3v) is 3.93. The highest BCUT2D eigenvalue weighted by Gasteiger charge is 2.11. The molecule has 2 N–H and O–H groups in total. The van der Waals surface area contributed by atoms with E-state index in [-0.39, 0.29) is 11.8 Å². The van der Waals surface area contributed by atoms with E-state index in [1.807, 2.05) is 36.4 Å². The number of carbonyl (C=O) groups is 2. The zero-order valence-corrected chi connectivity index (χ0v) is 14.5. The lowest BCUT2D eigenvalue weighted by Crippen LogP contribution is -2.23. The molecular formula is C22H17N3O2. The van der Waals surface area contributed by atoms with Crippen LogP contribution in [0.1, 0.15) is 31.8 Å². The Bertz CT molecular complexity index is 1010. The highest BCUT2D eigenvalue weighted by atomic mass is 16.2. The Labute approximate surface area is 157 Å². The summed E-state index contributed by atoms with van der Waals surface area (Å²) in [6, 6.07) is 24.8. The summed E-state index contributed by atoms with van der Waals surface area (Å²) < 4.78 is 0. The van der Waals surface area contributed by atoms with E-state index in [4.69, 9.17) is 5.26 Å². The number of hydrogen-bond acceptors (Lipinski definition) is 3. The molecular weight excluding hydrogens is 338 g/mol. The van der Waals surface area contributed by atoms with Crippen molar-refractivity contribution in [1.82, 2.24) is 5.32 Å². The highest BCUT2D eigenvalue weighted by Crippen LogP contribution is 2.13. The summed E-state index contributed by atoms with van der Waals surface area (Å²) in [7, 11) is 0. The molecule has 0 saturated heterocycles. The fourth-order valence-electron chi connectivity index (χ4n) is 2.55. The van der Waals surface area contributed by atoms with Crippen LogP contribution in [0.25, 0.3) is 0 Å². The van der Waals surface area contributed by atoms with Crippen molar-refractivity contribution in [1.29, 1.82) is 5.26 Å². The zero-order chi connectivity index (χ0) is 19.1. The Balaban J connectivity index is 1.68. The van der Waals surface area contributed by atoms with Crippen LogP contribution in [-0.4, -0.2) is 11.8 Å². The Hall–Kier alpha value is -3.91. The molecule has 0 heterocycles. The molecule has 5 nitrogen and oxygen atoms in total. The minimum Gasteiger partial charge on any atom is -0.348 e. The molecule has 0 saturated carbocycles. The summed E-state index contributed by atoms with van der Waals surface area (Å²) in [5.41, 5.74) is 2.76. The van der Waals surface area contributed by atoms with Crippen LogP contribution in [0.3, 0.4) is 0 Å². The maximum absolute atomic E-state index is 12.4. The maximum atomic E-state index is 12.4. The summed E-state index contributed by atoms with van der Waals surface area (Å²) in [5.74, 6) is -0.595. The Morgan fingerprint density at radius 2 is 1.52 bits per heavy atom. The van der Waals surface area contributed by atoms with Crippen molar-refractivity contribution >= 4 is 17.5 Å². The van der Waals surface area contributed by atoms with Crippen molar-refractivity contribution in [2.24, 2.45) is 0 Å². The van der Waals surface area contributed by atoms with Crippen molar-refractivity contribution in [3.8, 4) is 6.07 Å². The summed E-state index contributed by atoms with van der Waals surface area (Å²) in [4.78, 5) is 24.8. The number of hydrogen-bond donors (Lipinski definition) is 2. The molecule has 0 aliphatic rings. The molecule has 0 aromatic heterocycles. The lowest BCUT2D eigenvalue weighted by molar-refractivity contribution is 0.0951. The van der Waals surface area contributed by atoms with Gasteiger partial charge < -0.3 is 10.6 Å². The topological polar surface area (TPSA) is 82.0 Å². The molecule has 3 rings (SSSR count). The highest BCUT2D eigenvalue weighted by molar-refractivity contribution is 6.06. The van der Waals surface area contributed by atoms with Gasteiger partial charge in [0.2, 0.25) is 0 Å². The van der Waals surface area contributed by atoms with Gasteiger partial charge in [0.1, 0.15) is 0 Å². The molecule has 0 spiro atoms. The van der Waals surface area contributed by atoms with Gasteiger partial charge in [-0.3, -0.25) is 9.59 Å². The van der Waals surface area contributed by atoms with Crippen LogP contribution in [0.15, 0.2) is 78.9 Å². The van der Waals surface area contributed by atoms with E-state index in [0.717, 1.165) is 5.56 Å². The van der Waals surface area contributed by atoms with Crippen LogP contribution in [0.5, 0.6) is 0 Å². The minimum atomic E-state index is -0.345. The van der Waals surface area contributed by atoms with Crippen molar-refractivity contribution in [2.75, 3.05) is 5.32 Å². The van der Waals surface area contributed by atoms with E-state index in [2.05, 4.69) is 10.6 Å². The van der Waals surface area contributed by atoms with Crippen molar-refractivity contribution in [2.45, 2.75) is 6.54 Å². The molecule has 3 aromatic carbocycles. The Kier molecular flexibility index (Phi) is 5.60. The molecule has 0 fully saturated rings. The van der Waals surface area contributed by atoms with E-state index in [9.17, 15) is 9.59 Å². The quantitative estimate of drug-likeness (QED) is 0.731. The van der Waals surface area contributed by atoms with Gasteiger partial charge in [-0.05, 0) is 42.0 Å². The number of amides is 2. The van der Waals surface area contributed by atoms with E-state index >= 15 is 0 Å². The summed E-state index contributed by atoms with van der Waals surface area (Å²) >= 11 is 0. The molecule has 0 bridgehead atoms. The van der Waals surface area contributed by atoms with Crippen LogP contribution in [0.4, 0.5) is 5.69 Å². The Morgan fingerprint density at radius 3 is 2.26 bits per heavy atom. The van der Waals surface area contributed by atoms with Gasteiger partial charge in [0.15, 0.2) is 0 Å². The second-order valence-electron chi connectivity index (χ2n) is 5.90. The number of carbonyl (C=O) groups excluding carboxylic acids is 2. The smallest absolute Gasteiger partial charge is 0.255 e. The molecule has 0 atom stereocenters. The molecule has 0 aliphatic heterocycles. The average molecular weight is 355 g/mol. The predicted octanol–water partition coefficient (Wildman–Crippen LogP) is 3.74. The number of anilines is 1. The molecule has 3 aromatic rings. The standard InChI is InChI=1S/C22H17N3O2/c23-14-17-8-4-11-20(12-17)25-22(27)19-10-5-9-18(13-19)21(26)24-15-16-6-2-1-3-7-16/h1-13H,15H2,(H,24,26)(H,25,27). The van der Waals surface area contributed by atoms with Crippen LogP contribution in [0.2, 0.25) is 0 Å². The van der Waals surface area contributed by atoms with Gasteiger partial charge in [-0.2, -0.15) is 5.26 Å². The largest absolute Gasteiger partial charge is 0.348 e. The van der Waals surface area contributed by atoms with Crippen LogP contribution in [-0.2, 0) is 6.54 Å². The summed E-state index contributed by atoms with van der Waals surface area (Å²) in [6.07, 6.45) is 0. The SMILES string of the molecule is N#Cc1cccc(NC(=O)c2cccc(C(=O)NCc3ccccc3)c2)c1. The molecule has 132 valence electrons. The average Bonchev–Trinajstić information content (AvgIpc) is 2.73. The van der Waals surface area contributed by atoms with Crippen LogP contribution >= 0.6 is 0 Å². The lowest BCUT2D eigenvalue weighted by Gasteiger charge is -2.08. The van der Waals surface area contributed by atoms with Gasteiger partial charge in [0, 0.05) is 23.4 Å². The van der Waals surface area contributed by atoms with E-state index in [0.29, 0.717) is 28.9 Å². The first kappa shape index (κ1) is 17.9. The van der Waals surface area contributed by atoms with Gasteiger partial charge in [-0.15, -0.1) is 0 Å². The van der Waals surface area contributed by atoms with Crippen molar-refractivity contribution in [3.05, 3.63) is 101 Å². The third kappa shape index (κ3) is 4.80. The van der Waals surface area contributed by atoms with Gasteiger partial charge in [0.05, 0.1) is 11.6 Å². The lowest BCUT2D eigenvalue weighted by atomic mass is 10.1. The number of nitriles is 1. The molecule has 0 unspecified atom stereocenters. The molecule has 0 radical (unpaired) electrons. The van der Waals surface area contributed by atoms with E-state index in [1.165, 1.54) is 0 Å². The number of benzene rings is 3. The van der Waals surface area contributed by atoms with Gasteiger partial charge in [-0.25, -0.2) is 0 Å². The summed E-state index contributed by atoms with van der Waals surface area (Å²) in [6.45, 7) is 0.414. The van der Waals surface area contributed by atoms with Gasteiger partial charge >= 0.3 is 0 Å². The first-order chi connectivity index (χ1) is 13.2. The first-order valence-corrected chi connectivity index (χ1v) is 8.39. The number of nitrogens with one attached hydrogen (secondary N) is 2. The number of nitrogens with zero attached hydrogens (tertiary/aromatic N) is 1. The predicted molar refractivity (Wildman–Crippen MR) is 103 cm³/mol. The fourth-order valence-corrected chi connectivity index (χ4v) is 2.55. The molecule has 27 heavy (non-hydrogen) atoms. The molecule has 5 heteroatoms. The van der Waals surface area contributed by atoms with Crippen LogP contribution < -0.4 is 10.6 Å². The van der Waals surface area contributed by atoms with Crippen molar-refractivity contribution < 1.29 is 9.59 Å². The first-order valence-electron chi connectivity index (χ1n) is 8.39. The van der Waals surface area contributed by atoms with E-state index in [1.54, 1.807) is 48.5 Å². The molecule has 2 amide bonds. The van der Waals surface area contributed by atoms with E-state index < -0.39 is 0 Å². The normalized spacial score (nSPS) is 9.89. The van der Waals surface area contributed by atoms with Gasteiger partial charge in [-0.1, -0.05) is 42.5 Å². The van der Waals surface area contributed by atoms with Crippen LogP contribution in [0, 0.1) is 11.3 Å². The summed E-state index contributed by atoms with van der Waals surface area (Å²) in [5, 5.41) is 14.5. The number of rotatable bonds is 5. The van der Waals surface area contributed by atoms with Crippen molar-refractivity contribution in [3.63, 3.8) is 0 Å². The Morgan fingerprint density at radius 1 is 0.815 bits per heavy atom. The second kappa shape index (κ2) is 8.45. The van der Waals surface area contributed by atoms with Gasteiger partial charge in [0.25, 0.3) is 11.8 Å². The molecule has 0 aliphatic carbocycles. The fraction of sp³-hybridized carbons (Fsp3) is 0.0455. The third-order valence-electron chi connectivity index (χ3n) is 3.93. The maximum Gasteiger partial charge on any atom is 0.255 e.